The van der Waals surface area contributed by atoms with Gasteiger partial charge in [-0.05, 0) is 43.8 Å². The largest absolute Gasteiger partial charge is 0.343 e. The van der Waals surface area contributed by atoms with Gasteiger partial charge in [0.05, 0.1) is 31.9 Å². The molecule has 5 heteroatoms. The van der Waals surface area contributed by atoms with E-state index < -0.39 is 8.07 Å². The van der Waals surface area contributed by atoms with Crippen LogP contribution >= 0.6 is 11.3 Å². The molecule has 0 aliphatic heterocycles. The Morgan fingerprint density at radius 1 is 0.680 bits per heavy atom. The number of aromatic nitrogens is 2. The average Bonchev–Trinajstić information content (AvgIpc) is 3.43. The monoisotopic (exact) mass is 867 g/mol. The fourth-order valence-electron chi connectivity index (χ4n) is 6.59. The minimum atomic E-state index is -1.39. The summed E-state index contributed by atoms with van der Waals surface area (Å²) in [6, 6.07) is 36.5. The summed E-state index contributed by atoms with van der Waals surface area (Å²) in [5, 5.41) is 4.07. The maximum absolute atomic E-state index is 4.29. The van der Waals surface area contributed by atoms with Crippen LogP contribution in [0.2, 0.25) is 19.6 Å². The van der Waals surface area contributed by atoms with Gasteiger partial charge >= 0.3 is 0 Å². The quantitative estimate of drug-likeness (QED) is 0.0925. The summed E-state index contributed by atoms with van der Waals surface area (Å²) in [6.07, 6.45) is 4.23. The van der Waals surface area contributed by atoms with Gasteiger partial charge in [-0.3, -0.25) is 0 Å². The number of hydrogen-bond donors (Lipinski definition) is 0. The summed E-state index contributed by atoms with van der Waals surface area (Å²) in [4.78, 5) is 0. The van der Waals surface area contributed by atoms with Crippen LogP contribution in [0.25, 0.3) is 53.8 Å². The van der Waals surface area contributed by atoms with E-state index in [1.807, 2.05) is 32.7 Å². The van der Waals surface area contributed by atoms with E-state index in [4.69, 9.17) is 0 Å². The Morgan fingerprint density at radius 3 is 2.04 bits per heavy atom. The smallest absolute Gasteiger partial charge is 0.0709 e. The molecule has 7 rings (SSSR count). The van der Waals surface area contributed by atoms with Gasteiger partial charge in [0, 0.05) is 38.9 Å². The second-order valence-corrected chi connectivity index (χ2v) is 20.4. The van der Waals surface area contributed by atoms with Crippen molar-refractivity contribution in [3.05, 3.63) is 166 Å². The topological polar surface area (TPSA) is 7.76 Å². The summed E-state index contributed by atoms with van der Waals surface area (Å²) in [6.45, 7) is 22.3. The molecule has 0 spiro atoms. The number of pyridine rings is 2. The van der Waals surface area contributed by atoms with E-state index in [0.29, 0.717) is 5.92 Å². The Balaban J connectivity index is 0.000000195. The third-order valence-electron chi connectivity index (χ3n) is 9.20. The molecule has 50 heavy (non-hydrogen) atoms. The predicted octanol–water partition coefficient (Wildman–Crippen LogP) is 10.9. The number of fused-ring (bicyclic) bond motifs is 3. The van der Waals surface area contributed by atoms with Crippen LogP contribution in [0.3, 0.4) is 0 Å². The number of nitrogens with zero attached hydrogens (tertiary/aromatic N) is 2. The van der Waals surface area contributed by atoms with Crippen molar-refractivity contribution in [2.24, 2.45) is 0 Å². The number of thiophene rings is 1. The molecule has 0 fully saturated rings. The molecule has 0 saturated carbocycles. The van der Waals surface area contributed by atoms with Gasteiger partial charge in [0.25, 0.3) is 0 Å². The maximum Gasteiger partial charge on any atom is 0.0709 e. The van der Waals surface area contributed by atoms with Gasteiger partial charge in [-0.2, -0.15) is 37.1 Å². The fraction of sp³-hybridized carbons (Fsp3) is 0.156. The van der Waals surface area contributed by atoms with E-state index in [0.717, 1.165) is 22.5 Å². The van der Waals surface area contributed by atoms with Crippen LogP contribution in [-0.2, 0) is 20.1 Å². The van der Waals surface area contributed by atoms with Gasteiger partial charge in [-0.25, -0.2) is 0 Å². The van der Waals surface area contributed by atoms with Crippen molar-refractivity contribution in [3.8, 4) is 33.6 Å². The molecular weight excluding hydrogens is 821 g/mol. The first-order valence-corrected chi connectivity index (χ1v) is 21.2. The third-order valence-corrected chi connectivity index (χ3v) is 12.4. The van der Waals surface area contributed by atoms with Gasteiger partial charge in [0.15, 0.2) is 0 Å². The fourth-order valence-corrected chi connectivity index (χ4v) is 9.68. The molecule has 2 nitrogen and oxygen atoms in total. The Labute approximate surface area is 317 Å². The summed E-state index contributed by atoms with van der Waals surface area (Å²) < 4.78 is 6.51. The predicted molar refractivity (Wildman–Crippen MR) is 215 cm³/mol. The van der Waals surface area contributed by atoms with Crippen molar-refractivity contribution in [1.29, 1.82) is 0 Å². The van der Waals surface area contributed by atoms with E-state index in [1.165, 1.54) is 58.7 Å². The number of rotatable bonds is 5. The molecule has 0 N–H and O–H groups in total. The molecule has 0 bridgehead atoms. The van der Waals surface area contributed by atoms with E-state index in [2.05, 4.69) is 172 Å². The first-order chi connectivity index (χ1) is 23.3. The Morgan fingerprint density at radius 2 is 1.38 bits per heavy atom. The van der Waals surface area contributed by atoms with Crippen LogP contribution in [0.1, 0.15) is 42.0 Å². The maximum atomic E-state index is 4.29. The average molecular weight is 867 g/mol. The van der Waals surface area contributed by atoms with E-state index >= 15 is 0 Å². The Hall–Kier alpha value is -4.25. The second-order valence-electron chi connectivity index (χ2n) is 14.3. The van der Waals surface area contributed by atoms with Gasteiger partial charge in [0.1, 0.15) is 0 Å². The summed E-state index contributed by atoms with van der Waals surface area (Å²) in [7, 11) is 7.00. The molecule has 0 amide bonds. The van der Waals surface area contributed by atoms with Crippen molar-refractivity contribution in [2.75, 3.05) is 0 Å². The number of hydrogen-bond acceptors (Lipinski definition) is 1. The second kappa shape index (κ2) is 14.9. The van der Waals surface area contributed by atoms with Crippen molar-refractivity contribution in [3.63, 3.8) is 0 Å². The molecule has 0 aliphatic rings. The van der Waals surface area contributed by atoms with Crippen molar-refractivity contribution >= 4 is 44.8 Å². The normalized spacial score (nSPS) is 11.3. The SMILES string of the molecule is [CH2-]c1cc(C)ccc1-c1cc(C(C)C)c([Si](C)(C)C)c[n+]1[CH2-].[CH2-]c1ccc2c(sc3cc(-c4ccccc4)ccc32)c1-c1cccc[n+]1[CH2-].[Ir]. The van der Waals surface area contributed by atoms with Crippen LogP contribution < -0.4 is 14.3 Å². The first kappa shape index (κ1) is 37.0. The molecule has 257 valence electrons. The number of aryl methyl sites for hydroxylation is 1. The van der Waals surface area contributed by atoms with Crippen LogP contribution in [0.15, 0.2) is 116 Å². The zero-order valence-electron chi connectivity index (χ0n) is 30.0. The molecule has 1 radical (unpaired) electrons. The Kier molecular flexibility index (Phi) is 11.0. The zero-order valence-corrected chi connectivity index (χ0v) is 34.2. The zero-order chi connectivity index (χ0) is 35.0. The van der Waals surface area contributed by atoms with Gasteiger partial charge in [-0.1, -0.05) is 124 Å². The molecule has 0 atom stereocenters. The molecule has 3 aromatic heterocycles. The third kappa shape index (κ3) is 7.43. The van der Waals surface area contributed by atoms with Crippen LogP contribution in [0.4, 0.5) is 0 Å². The molecular formula is C45H46IrN2SSi-2. The number of benzene rings is 4. The van der Waals surface area contributed by atoms with Crippen LogP contribution in [0.5, 0.6) is 0 Å². The van der Waals surface area contributed by atoms with Crippen molar-refractivity contribution in [2.45, 2.75) is 46.3 Å². The molecule has 0 saturated heterocycles. The Bertz CT molecular complexity index is 2300. The minimum Gasteiger partial charge on any atom is -0.343 e. The van der Waals surface area contributed by atoms with Gasteiger partial charge in [0.2, 0.25) is 0 Å². The standard InChI is InChI=1S/C25H18NS.C20H28NSi.Ir/c1-17-11-13-21-20-14-12-19(18-8-4-3-5-9-18)16-23(20)27-25(21)24(17)22-10-6-7-15-26(22)2;1-14(2)18-12-19(17-10-9-15(3)11-16(17)4)21(5)13-20(18)22(6,7)8;/h3-16H,1-2H2;9-14H,4-5H2,1-3,6-8H3;/q2*-1;. The van der Waals surface area contributed by atoms with E-state index in [9.17, 15) is 0 Å². The van der Waals surface area contributed by atoms with Crippen LogP contribution in [-0.4, -0.2) is 8.07 Å². The first-order valence-electron chi connectivity index (χ1n) is 16.9. The minimum absolute atomic E-state index is 0. The molecule has 7 aromatic rings. The molecule has 4 aromatic carbocycles. The van der Waals surface area contributed by atoms with Gasteiger partial charge in [-0.15, -0.1) is 34.6 Å². The van der Waals surface area contributed by atoms with Crippen LogP contribution in [0, 0.1) is 34.9 Å². The molecule has 0 aliphatic carbocycles. The van der Waals surface area contributed by atoms with Crippen molar-refractivity contribution < 1.29 is 29.2 Å². The summed E-state index contributed by atoms with van der Waals surface area (Å²) in [5.74, 6) is 0.514. The van der Waals surface area contributed by atoms with E-state index in [1.54, 1.807) is 0 Å². The summed E-state index contributed by atoms with van der Waals surface area (Å²) >= 11 is 1.83. The molecule has 0 unspecified atom stereocenters. The van der Waals surface area contributed by atoms with E-state index in [-0.39, 0.29) is 20.1 Å². The summed E-state index contributed by atoms with van der Waals surface area (Å²) in [5.41, 5.74) is 11.9. The van der Waals surface area contributed by atoms with Crippen molar-refractivity contribution in [1.82, 2.24) is 0 Å². The van der Waals surface area contributed by atoms with Gasteiger partial charge < -0.3 is 9.13 Å². The molecule has 3 heterocycles.